The molecule has 0 saturated carbocycles. The van der Waals surface area contributed by atoms with Crippen LogP contribution in [0.3, 0.4) is 0 Å². The van der Waals surface area contributed by atoms with Gasteiger partial charge in [0.25, 0.3) is 0 Å². The summed E-state index contributed by atoms with van der Waals surface area (Å²) in [6.45, 7) is 3.67. The molecule has 1 atom stereocenters. The van der Waals surface area contributed by atoms with Crippen LogP contribution >= 0.6 is 15.9 Å². The molecule has 0 radical (unpaired) electrons. The minimum absolute atomic E-state index is 0.0340. The molecule has 1 aromatic carbocycles. The molecule has 0 aromatic heterocycles. The summed E-state index contributed by atoms with van der Waals surface area (Å²) in [5.74, 6) is -0.409. The molecule has 0 saturated heterocycles. The Labute approximate surface area is 132 Å². The minimum Gasteiger partial charge on any atom is -0.469 e. The van der Waals surface area contributed by atoms with Crippen molar-refractivity contribution < 1.29 is 14.3 Å². The fourth-order valence-electron chi connectivity index (χ4n) is 2.52. The molecule has 0 amide bonds. The molecule has 0 fully saturated rings. The summed E-state index contributed by atoms with van der Waals surface area (Å²) < 4.78 is 5.67. The van der Waals surface area contributed by atoms with Gasteiger partial charge in [-0.15, -0.1) is 0 Å². The van der Waals surface area contributed by atoms with E-state index in [1.165, 1.54) is 7.11 Å². The van der Waals surface area contributed by atoms with Crippen molar-refractivity contribution in [2.24, 2.45) is 5.41 Å². The van der Waals surface area contributed by atoms with Crippen LogP contribution in [0.4, 0.5) is 0 Å². The highest BCUT2D eigenvalue weighted by Crippen LogP contribution is 2.39. The van der Waals surface area contributed by atoms with E-state index in [1.807, 2.05) is 43.3 Å². The van der Waals surface area contributed by atoms with Gasteiger partial charge in [0.05, 0.1) is 18.9 Å². The van der Waals surface area contributed by atoms with Crippen molar-refractivity contribution in [3.05, 3.63) is 51.5 Å². The van der Waals surface area contributed by atoms with Gasteiger partial charge in [0.15, 0.2) is 5.78 Å². The van der Waals surface area contributed by atoms with Crippen LogP contribution in [-0.4, -0.2) is 18.9 Å². The molecule has 2 rings (SSSR count). The molecule has 0 spiro atoms. The molecule has 1 aliphatic carbocycles. The Morgan fingerprint density at radius 3 is 2.52 bits per heavy atom. The number of ether oxygens (including phenoxy) is 1. The molecule has 3 nitrogen and oxygen atoms in total. The van der Waals surface area contributed by atoms with Crippen LogP contribution in [-0.2, 0) is 14.3 Å². The Morgan fingerprint density at radius 2 is 1.95 bits per heavy atom. The zero-order chi connectivity index (χ0) is 15.6. The molecule has 1 aromatic rings. The van der Waals surface area contributed by atoms with Gasteiger partial charge in [0.1, 0.15) is 0 Å². The lowest BCUT2D eigenvalue weighted by Gasteiger charge is -2.18. The third kappa shape index (κ3) is 3.32. The van der Waals surface area contributed by atoms with Crippen molar-refractivity contribution in [1.82, 2.24) is 0 Å². The van der Waals surface area contributed by atoms with E-state index < -0.39 is 5.41 Å². The summed E-state index contributed by atoms with van der Waals surface area (Å²) in [5, 5.41) is 0. The summed E-state index contributed by atoms with van der Waals surface area (Å²) in [4.78, 5) is 24.1. The molecule has 0 heterocycles. The Balaban J connectivity index is 2.31. The smallest absolute Gasteiger partial charge is 0.306 e. The van der Waals surface area contributed by atoms with Crippen LogP contribution in [0.25, 0.3) is 6.08 Å². The van der Waals surface area contributed by atoms with E-state index in [4.69, 9.17) is 0 Å². The average molecular weight is 349 g/mol. The number of hydrogen-bond donors (Lipinski definition) is 0. The lowest BCUT2D eigenvalue weighted by molar-refractivity contribution is -0.144. The van der Waals surface area contributed by atoms with Crippen molar-refractivity contribution in [2.45, 2.75) is 20.3 Å². The van der Waals surface area contributed by atoms with E-state index in [-0.39, 0.29) is 18.2 Å². The van der Waals surface area contributed by atoms with E-state index in [9.17, 15) is 9.59 Å². The second kappa shape index (κ2) is 5.98. The number of ketones is 1. The first-order valence-electron chi connectivity index (χ1n) is 6.64. The molecule has 0 aliphatic heterocycles. The van der Waals surface area contributed by atoms with Gasteiger partial charge in [-0.3, -0.25) is 9.59 Å². The van der Waals surface area contributed by atoms with Gasteiger partial charge in [-0.05, 0) is 43.2 Å². The molecular formula is C17H17BrO3. The third-order valence-corrected chi connectivity index (χ3v) is 4.17. The Kier molecular flexibility index (Phi) is 4.47. The van der Waals surface area contributed by atoms with Crippen molar-refractivity contribution in [1.29, 1.82) is 0 Å². The molecule has 110 valence electrons. The first-order chi connectivity index (χ1) is 9.85. The normalized spacial score (nSPS) is 23.3. The van der Waals surface area contributed by atoms with Crippen molar-refractivity contribution >= 4 is 33.8 Å². The number of esters is 1. The van der Waals surface area contributed by atoms with Crippen molar-refractivity contribution in [2.75, 3.05) is 7.11 Å². The van der Waals surface area contributed by atoms with E-state index in [0.29, 0.717) is 5.57 Å². The first-order valence-corrected chi connectivity index (χ1v) is 7.44. The van der Waals surface area contributed by atoms with E-state index in [1.54, 1.807) is 6.92 Å². The zero-order valence-electron chi connectivity index (χ0n) is 12.3. The maximum atomic E-state index is 12.6. The highest BCUT2D eigenvalue weighted by molar-refractivity contribution is 9.10. The molecule has 21 heavy (non-hydrogen) atoms. The second-order valence-electron chi connectivity index (χ2n) is 5.44. The molecular weight excluding hydrogens is 332 g/mol. The molecule has 0 bridgehead atoms. The first kappa shape index (κ1) is 15.7. The van der Waals surface area contributed by atoms with Gasteiger partial charge in [-0.25, -0.2) is 0 Å². The maximum absolute atomic E-state index is 12.6. The van der Waals surface area contributed by atoms with Gasteiger partial charge in [-0.2, -0.15) is 0 Å². The predicted octanol–water partition coefficient (Wildman–Crippen LogP) is 3.93. The number of benzene rings is 1. The van der Waals surface area contributed by atoms with Crippen LogP contribution < -0.4 is 0 Å². The number of carbonyl (C=O) groups excluding carboxylic acids is 2. The predicted molar refractivity (Wildman–Crippen MR) is 85.6 cm³/mol. The van der Waals surface area contributed by atoms with Crippen molar-refractivity contribution in [3.8, 4) is 0 Å². The third-order valence-electron chi connectivity index (χ3n) is 3.64. The largest absolute Gasteiger partial charge is 0.469 e. The second-order valence-corrected chi connectivity index (χ2v) is 6.35. The number of halogens is 1. The Hall–Kier alpha value is -1.68. The number of methoxy groups -OCH3 is 1. The van der Waals surface area contributed by atoms with Gasteiger partial charge in [0.2, 0.25) is 0 Å². The summed E-state index contributed by atoms with van der Waals surface area (Å²) in [7, 11) is 1.33. The fourth-order valence-corrected chi connectivity index (χ4v) is 2.78. The quantitative estimate of drug-likeness (QED) is 0.613. The van der Waals surface area contributed by atoms with Crippen LogP contribution in [0.5, 0.6) is 0 Å². The van der Waals surface area contributed by atoms with Crippen LogP contribution in [0.15, 0.2) is 46.0 Å². The molecule has 1 aliphatic rings. The van der Waals surface area contributed by atoms with Gasteiger partial charge in [0, 0.05) is 10.0 Å². The highest BCUT2D eigenvalue weighted by Gasteiger charge is 2.41. The summed E-state index contributed by atoms with van der Waals surface area (Å²) in [6.07, 6.45) is 3.79. The average Bonchev–Trinajstić information content (AvgIpc) is 2.64. The topological polar surface area (TPSA) is 43.4 Å². The van der Waals surface area contributed by atoms with Crippen LogP contribution in [0, 0.1) is 5.41 Å². The molecule has 4 heteroatoms. The number of hydrogen-bond acceptors (Lipinski definition) is 3. The summed E-state index contributed by atoms with van der Waals surface area (Å²) >= 11 is 3.38. The molecule has 0 N–H and O–H groups in total. The number of rotatable bonds is 3. The maximum Gasteiger partial charge on any atom is 0.306 e. The van der Waals surface area contributed by atoms with Crippen LogP contribution in [0.1, 0.15) is 25.8 Å². The highest BCUT2D eigenvalue weighted by atomic mass is 79.9. The minimum atomic E-state index is -0.807. The van der Waals surface area contributed by atoms with Gasteiger partial charge in [-0.1, -0.05) is 34.1 Å². The van der Waals surface area contributed by atoms with E-state index >= 15 is 0 Å². The number of carbonyl (C=O) groups is 2. The Bertz CT molecular complexity index is 641. The zero-order valence-corrected chi connectivity index (χ0v) is 13.9. The molecule has 0 unspecified atom stereocenters. The summed E-state index contributed by atoms with van der Waals surface area (Å²) in [5.41, 5.74) is 1.70. The van der Waals surface area contributed by atoms with Crippen molar-refractivity contribution in [3.63, 3.8) is 0 Å². The summed E-state index contributed by atoms with van der Waals surface area (Å²) in [6, 6.07) is 7.73. The number of Topliss-reactive ketones (excluding diaryl/α,β-unsaturated/α-hetero) is 1. The van der Waals surface area contributed by atoms with Gasteiger partial charge >= 0.3 is 5.97 Å². The fraction of sp³-hybridized carbons (Fsp3) is 0.294. The number of allylic oxidation sites excluding steroid dienone is 3. The Morgan fingerprint density at radius 1 is 1.33 bits per heavy atom. The van der Waals surface area contributed by atoms with Gasteiger partial charge < -0.3 is 4.74 Å². The lowest BCUT2D eigenvalue weighted by Crippen LogP contribution is -2.26. The SMILES string of the molecule is COC(=O)C[C@@]1(C)C=C(C)/C(=C/c2ccc(Br)cc2)C1=O. The monoisotopic (exact) mass is 348 g/mol. The van der Waals surface area contributed by atoms with E-state index in [2.05, 4.69) is 20.7 Å². The van der Waals surface area contributed by atoms with Crippen LogP contribution in [0.2, 0.25) is 0 Å². The lowest BCUT2D eigenvalue weighted by atomic mass is 9.84. The standard InChI is InChI=1S/C17H17BrO3/c1-11-9-17(2,10-15(19)21-3)16(20)14(11)8-12-4-6-13(18)7-5-12/h4-9H,10H2,1-3H3/b14-8-/t17-/m1/s1. The van der Waals surface area contributed by atoms with E-state index in [0.717, 1.165) is 15.6 Å².